The molecule has 0 rings (SSSR count). The fraction of sp³-hybridized carbons (Fsp3) is 0. The zero-order valence-electron chi connectivity index (χ0n) is 17.4. The monoisotopic (exact) mass is 2220 g/mol. The summed E-state index contributed by atoms with van der Waals surface area (Å²) in [7, 11) is 13.5. The molecule has 0 aliphatic heterocycles. The average Bonchev–Trinajstić information content (AvgIpc) is 2.49. The van der Waals surface area contributed by atoms with Gasteiger partial charge in [0.05, 0.1) is 0 Å². The number of carbonyl (C=O) groups excluding carboxylic acids is 4. The minimum Gasteiger partial charge on any atom is -0.569 e. The van der Waals surface area contributed by atoms with Crippen LogP contribution in [0.15, 0.2) is 20.0 Å². The van der Waals surface area contributed by atoms with Crippen LogP contribution in [0.5, 0.6) is 0 Å². The summed E-state index contributed by atoms with van der Waals surface area (Å²) < 4.78 is 0. The summed E-state index contributed by atoms with van der Waals surface area (Å²) in [6.45, 7) is 0. The Kier molecular flexibility index (Phi) is 883. The van der Waals surface area contributed by atoms with E-state index in [0.29, 0.717) is 0 Å². The maximum Gasteiger partial charge on any atom is 2.00 e. The van der Waals surface area contributed by atoms with Crippen LogP contribution in [0.4, 0.5) is 0 Å². The molecule has 9 nitrogen and oxygen atoms in total. The number of rotatable bonds is 0. The molecule has 0 saturated carbocycles. The molecule has 0 aliphatic carbocycles. The number of hydrogen-bond donors (Lipinski definition) is 1. The molecule has 0 radical (unpaired) electrons. The number of aliphatic hydroxyl groups is 1. The molecule has 17 heteroatoms. The second kappa shape index (κ2) is 214. The average molecular weight is 2220 g/mol. The molecule has 0 saturated heterocycles. The molecular weight excluding hydrogens is 2200 g/mol. The molecule has 1 N–H and O–H groups in total. The zero-order valence-corrected chi connectivity index (χ0v) is 50.7. The van der Waals surface area contributed by atoms with Crippen LogP contribution in [0.2, 0.25) is 0 Å². The van der Waals surface area contributed by atoms with Gasteiger partial charge >= 0.3 is 62.2 Å². The molecule has 0 aromatic heterocycles. The summed E-state index contributed by atoms with van der Waals surface area (Å²) >= 11 is 0. The number of nitrogens with zero attached hydrogens (tertiary/aromatic N) is 4. The summed E-state index contributed by atoms with van der Waals surface area (Å²) in [4.78, 5) is 46.0. The summed E-state index contributed by atoms with van der Waals surface area (Å²) in [6.07, 6.45) is 4.78. The molecular formula is C13H23N4O5U8-5. The van der Waals surface area contributed by atoms with Crippen LogP contribution in [-0.4, -0.2) is 29.4 Å². The topological polar surface area (TPSA) is 138 Å². The Morgan fingerprint density at radius 3 is 0.467 bits per heavy atom. The van der Waals surface area contributed by atoms with Crippen LogP contribution in [0, 0.1) is 314 Å². The first-order chi connectivity index (χ1) is 8.66. The van der Waals surface area contributed by atoms with Crippen molar-refractivity contribution in [1.29, 1.82) is 0 Å². The molecule has 0 fully saturated rings. The van der Waals surface area contributed by atoms with Gasteiger partial charge < -0.3 is 74.0 Å². The van der Waals surface area contributed by atoms with Gasteiger partial charge in [0, 0.05) is 187 Å². The molecule has 30 heavy (non-hydrogen) atoms. The van der Waals surface area contributed by atoms with Crippen molar-refractivity contribution < 1.29 is 273 Å². The summed E-state index contributed by atoms with van der Waals surface area (Å²) in [5.41, 5.74) is 0. The third kappa shape index (κ3) is 398. The van der Waals surface area contributed by atoms with E-state index in [4.69, 9.17) is 24.3 Å². The molecule has 0 heterocycles. The minimum absolute atomic E-state index is 0. The number of aliphatic imine (C=N–C) groups is 4. The van der Waals surface area contributed by atoms with E-state index in [2.05, 4.69) is 55.3 Å². The van der Waals surface area contributed by atoms with Crippen molar-refractivity contribution in [2.24, 2.45) is 20.0 Å². The zero-order chi connectivity index (χ0) is 15.7. The largest absolute Gasteiger partial charge is 2.00 e. The molecule has 0 bridgehead atoms. The van der Waals surface area contributed by atoms with Gasteiger partial charge in [0.15, 0.2) is 0 Å². The van der Waals surface area contributed by atoms with Crippen molar-refractivity contribution in [2.45, 2.75) is 0 Å². The van der Waals surface area contributed by atoms with E-state index in [0.717, 1.165) is 0 Å². The predicted octanol–water partition coefficient (Wildman–Crippen LogP) is 2.41. The molecule has 0 aromatic rings. The van der Waals surface area contributed by atoms with Gasteiger partial charge in [-0.05, 0) is 24.3 Å². The van der Waals surface area contributed by atoms with Gasteiger partial charge in [-0.1, -0.05) is 0 Å². The second-order valence-corrected chi connectivity index (χ2v) is 0.998. The van der Waals surface area contributed by atoms with E-state index in [1.807, 2.05) is 0 Å². The molecule has 0 aliphatic rings. The third-order valence-electron chi connectivity index (χ3n) is 0.258. The number of aliphatic hydroxyl groups excluding tert-OH is 1. The minimum atomic E-state index is 0. The molecule has 162 valence electrons. The van der Waals surface area contributed by atoms with Crippen molar-refractivity contribution in [1.82, 2.24) is 0 Å². The van der Waals surface area contributed by atoms with Gasteiger partial charge in [0.2, 0.25) is 0 Å². The predicted molar refractivity (Wildman–Crippen MR) is 86.9 cm³/mol. The Bertz CT molecular complexity index is 271. The molecule has 0 amide bonds. The van der Waals surface area contributed by atoms with Gasteiger partial charge in [0.1, 0.15) is 0 Å². The number of hydrogen-bond acceptors (Lipinski definition) is 9. The fourth-order valence-corrected chi connectivity index (χ4v) is 0. The first kappa shape index (κ1) is 124. The summed E-state index contributed by atoms with van der Waals surface area (Å²) in [5, 5.41) is 6.75. The van der Waals surface area contributed by atoms with Crippen LogP contribution < -0.4 is 0 Å². The quantitative estimate of drug-likeness (QED) is 0.226. The van der Waals surface area contributed by atoms with Gasteiger partial charge in [-0.15, -0.1) is 0 Å². The van der Waals surface area contributed by atoms with E-state index in [9.17, 15) is 0 Å². The van der Waals surface area contributed by atoms with Crippen LogP contribution in [0.3, 0.4) is 0 Å². The third-order valence-corrected chi connectivity index (χ3v) is 0.258. The SMILES string of the molecule is [CH2-]N=C=O.[CH2-]N=C=O.[CH2-]N=C=O.[CH2-]N=C=O.[CH2-]O.[CH3-].[CH3-].[CH3-].[CH3-].[U+2].[U+2].[U].[U].[U].[U].[U].[U]. The first-order valence-corrected chi connectivity index (χ1v) is 3.29. The van der Waals surface area contributed by atoms with E-state index in [1.165, 1.54) is 24.3 Å². The molecule has 0 unspecified atom stereocenters. The van der Waals surface area contributed by atoms with E-state index >= 15 is 0 Å². The van der Waals surface area contributed by atoms with Gasteiger partial charge in [0.25, 0.3) is 0 Å². The van der Waals surface area contributed by atoms with Crippen molar-refractivity contribution in [3.8, 4) is 0 Å². The van der Waals surface area contributed by atoms with Crippen LogP contribution in [0.1, 0.15) is 0 Å². The van der Waals surface area contributed by atoms with E-state index < -0.39 is 0 Å². The smallest absolute Gasteiger partial charge is 0.569 e. The van der Waals surface area contributed by atoms with Gasteiger partial charge in [-0.25, -0.2) is 7.11 Å². The summed E-state index contributed by atoms with van der Waals surface area (Å²) in [6, 6.07) is 0. The van der Waals surface area contributed by atoms with Crippen LogP contribution >= 0.6 is 0 Å². The first-order valence-electron chi connectivity index (χ1n) is 3.29. The van der Waals surface area contributed by atoms with E-state index in [1.54, 1.807) is 0 Å². The van der Waals surface area contributed by atoms with E-state index in [-0.39, 0.29) is 279 Å². The molecule has 0 aromatic carbocycles. The standard InChI is InChI=1S/4C2H2NO.CH3O.4CH3.8U/c4*1-3-2-4;1-2;;;;;;;;;;;;/h4*1H2;2H,1H2;4*1H3;;;;;;;;/q9*-1;;;;;;;2*+2. The van der Waals surface area contributed by atoms with Crippen molar-refractivity contribution in [3.63, 3.8) is 0 Å². The van der Waals surface area contributed by atoms with Gasteiger partial charge in [-0.2, -0.15) is 28.2 Å². The Balaban J connectivity index is -0.00000000431. The maximum atomic E-state index is 8.82. The van der Waals surface area contributed by atoms with Crippen molar-refractivity contribution in [2.75, 3.05) is 0 Å². The summed E-state index contributed by atoms with van der Waals surface area (Å²) in [5.74, 6) is 0. The van der Waals surface area contributed by atoms with Gasteiger partial charge in [-0.3, -0.25) is 0 Å². The normalized spacial score (nSPS) is 2.33. The Hall–Kier alpha value is 5.38. The van der Waals surface area contributed by atoms with Crippen molar-refractivity contribution >= 4 is 24.3 Å². The molecule has 0 spiro atoms. The van der Waals surface area contributed by atoms with Crippen molar-refractivity contribution in [3.05, 3.63) is 65.0 Å². The Morgan fingerprint density at radius 2 is 0.467 bits per heavy atom. The Morgan fingerprint density at radius 1 is 0.433 bits per heavy atom. The second-order valence-electron chi connectivity index (χ2n) is 0.998. The molecule has 0 atom stereocenters. The van der Waals surface area contributed by atoms with Crippen LogP contribution in [-0.2, 0) is 19.2 Å². The Labute approximate surface area is 373 Å². The maximum absolute atomic E-state index is 8.82. The number of isocyanates is 4. The fourth-order valence-electron chi connectivity index (χ4n) is 0. The van der Waals surface area contributed by atoms with Crippen LogP contribution in [0.25, 0.3) is 0 Å².